The van der Waals surface area contributed by atoms with E-state index in [1.165, 1.54) is 4.88 Å². The van der Waals surface area contributed by atoms with Crippen molar-refractivity contribution in [2.45, 2.75) is 26.8 Å². The first-order valence-corrected chi connectivity index (χ1v) is 6.44. The Bertz CT molecular complexity index is 526. The molecule has 0 aliphatic carbocycles. The number of thiazole rings is 1. The van der Waals surface area contributed by atoms with Gasteiger partial charge in [-0.2, -0.15) is 0 Å². The molecule has 0 aliphatic heterocycles. The number of aryl methyl sites for hydroxylation is 2. The zero-order valence-corrected chi connectivity index (χ0v) is 11.4. The fourth-order valence-electron chi connectivity index (χ4n) is 1.65. The zero-order valence-electron chi connectivity index (χ0n) is 9.86. The third-order valence-corrected chi connectivity index (χ3v) is 3.76. The van der Waals surface area contributed by atoms with Crippen LogP contribution in [0, 0.1) is 13.8 Å². The normalized spacial score (nSPS) is 12.5. The minimum atomic E-state index is 0.159. The molecule has 1 unspecified atom stereocenters. The van der Waals surface area contributed by atoms with Crippen LogP contribution < -0.4 is 5.32 Å². The van der Waals surface area contributed by atoms with Gasteiger partial charge >= 0.3 is 0 Å². The molecular formula is C11H13ClN4S. The van der Waals surface area contributed by atoms with Crippen molar-refractivity contribution in [1.82, 2.24) is 15.0 Å². The molecule has 0 spiro atoms. The molecule has 90 valence electrons. The maximum atomic E-state index is 5.74. The molecule has 0 amide bonds. The van der Waals surface area contributed by atoms with E-state index in [-0.39, 0.29) is 11.3 Å². The molecule has 6 heteroatoms. The van der Waals surface area contributed by atoms with Crippen LogP contribution in [-0.4, -0.2) is 15.0 Å². The Morgan fingerprint density at radius 3 is 2.71 bits per heavy atom. The lowest BCUT2D eigenvalue weighted by atomic mass is 10.2. The predicted molar refractivity (Wildman–Crippen MR) is 70.7 cm³/mol. The second-order valence-electron chi connectivity index (χ2n) is 3.76. The van der Waals surface area contributed by atoms with Crippen LogP contribution in [0.4, 0.5) is 5.82 Å². The first kappa shape index (κ1) is 12.3. The fraction of sp³-hybridized carbons (Fsp3) is 0.364. The van der Waals surface area contributed by atoms with Gasteiger partial charge in [-0.1, -0.05) is 0 Å². The summed E-state index contributed by atoms with van der Waals surface area (Å²) < 4.78 is 0. The summed E-state index contributed by atoms with van der Waals surface area (Å²) in [7, 11) is 0. The van der Waals surface area contributed by atoms with Crippen LogP contribution in [0.15, 0.2) is 12.3 Å². The molecule has 2 aromatic heterocycles. The summed E-state index contributed by atoms with van der Waals surface area (Å²) in [5, 5.41) is 4.61. The van der Waals surface area contributed by atoms with Crippen LogP contribution >= 0.6 is 22.9 Å². The van der Waals surface area contributed by atoms with E-state index in [4.69, 9.17) is 11.6 Å². The Balaban J connectivity index is 2.16. The average molecular weight is 269 g/mol. The first-order chi connectivity index (χ1) is 8.06. The Kier molecular flexibility index (Phi) is 3.59. The number of nitrogens with zero attached hydrogens (tertiary/aromatic N) is 3. The van der Waals surface area contributed by atoms with Gasteiger partial charge in [-0.05, 0) is 38.4 Å². The number of halogens is 1. The largest absolute Gasteiger partial charge is 0.363 e. The highest BCUT2D eigenvalue weighted by Crippen LogP contribution is 2.26. The van der Waals surface area contributed by atoms with Crippen molar-refractivity contribution < 1.29 is 0 Å². The third kappa shape index (κ3) is 2.92. The molecule has 0 saturated heterocycles. The van der Waals surface area contributed by atoms with Crippen LogP contribution in [0.25, 0.3) is 0 Å². The molecule has 0 aliphatic rings. The van der Waals surface area contributed by atoms with Crippen molar-refractivity contribution in [3.63, 3.8) is 0 Å². The Hall–Kier alpha value is -1.20. The molecule has 17 heavy (non-hydrogen) atoms. The van der Waals surface area contributed by atoms with Crippen molar-refractivity contribution >= 4 is 28.8 Å². The summed E-state index contributed by atoms with van der Waals surface area (Å²) in [6.07, 6.45) is 1.63. The SMILES string of the molecule is Cc1nc(C)c(C(C)Nc2ccnc(Cl)n2)s1. The topological polar surface area (TPSA) is 50.7 Å². The number of hydrogen-bond donors (Lipinski definition) is 1. The lowest BCUT2D eigenvalue weighted by Crippen LogP contribution is -2.07. The molecule has 1 N–H and O–H groups in total. The van der Waals surface area contributed by atoms with E-state index in [0.29, 0.717) is 0 Å². The average Bonchev–Trinajstić information content (AvgIpc) is 2.58. The fourth-order valence-corrected chi connectivity index (χ4v) is 2.73. The zero-order chi connectivity index (χ0) is 12.4. The van der Waals surface area contributed by atoms with Crippen LogP contribution in [0.3, 0.4) is 0 Å². The van der Waals surface area contributed by atoms with Gasteiger partial charge in [0.2, 0.25) is 5.28 Å². The van der Waals surface area contributed by atoms with Gasteiger partial charge in [0.1, 0.15) is 5.82 Å². The molecule has 0 saturated carbocycles. The number of hydrogen-bond acceptors (Lipinski definition) is 5. The third-order valence-electron chi connectivity index (χ3n) is 2.32. The van der Waals surface area contributed by atoms with Gasteiger partial charge in [0.25, 0.3) is 0 Å². The maximum Gasteiger partial charge on any atom is 0.224 e. The van der Waals surface area contributed by atoms with Gasteiger partial charge in [-0.15, -0.1) is 11.3 Å². The van der Waals surface area contributed by atoms with Crippen LogP contribution in [-0.2, 0) is 0 Å². The summed E-state index contributed by atoms with van der Waals surface area (Å²) in [5.41, 5.74) is 1.06. The van der Waals surface area contributed by atoms with E-state index in [1.54, 1.807) is 23.6 Å². The van der Waals surface area contributed by atoms with Gasteiger partial charge in [-0.3, -0.25) is 0 Å². The molecule has 1 atom stereocenters. The summed E-state index contributed by atoms with van der Waals surface area (Å²) in [5.74, 6) is 0.725. The van der Waals surface area contributed by atoms with Gasteiger partial charge < -0.3 is 5.32 Å². The quantitative estimate of drug-likeness (QED) is 0.867. The van der Waals surface area contributed by atoms with E-state index < -0.39 is 0 Å². The van der Waals surface area contributed by atoms with E-state index in [9.17, 15) is 0 Å². The van der Waals surface area contributed by atoms with Crippen molar-refractivity contribution in [3.05, 3.63) is 33.1 Å². The molecule has 0 radical (unpaired) electrons. The summed E-state index contributed by atoms with van der Waals surface area (Å²) in [6, 6.07) is 1.96. The van der Waals surface area contributed by atoms with Gasteiger partial charge in [-0.25, -0.2) is 15.0 Å². The first-order valence-electron chi connectivity index (χ1n) is 5.25. The van der Waals surface area contributed by atoms with Crippen molar-refractivity contribution in [1.29, 1.82) is 0 Å². The van der Waals surface area contributed by atoms with Crippen molar-refractivity contribution in [2.75, 3.05) is 5.32 Å². The number of rotatable bonds is 3. The lowest BCUT2D eigenvalue weighted by molar-refractivity contribution is 0.877. The van der Waals surface area contributed by atoms with Crippen LogP contribution in [0.5, 0.6) is 0 Å². The van der Waals surface area contributed by atoms with Crippen molar-refractivity contribution in [2.24, 2.45) is 0 Å². The van der Waals surface area contributed by atoms with E-state index in [1.807, 2.05) is 13.8 Å². The van der Waals surface area contributed by atoms with E-state index >= 15 is 0 Å². The van der Waals surface area contributed by atoms with Crippen molar-refractivity contribution in [3.8, 4) is 0 Å². The second-order valence-corrected chi connectivity index (χ2v) is 5.33. The highest BCUT2D eigenvalue weighted by Gasteiger charge is 2.13. The summed E-state index contributed by atoms with van der Waals surface area (Å²) in [4.78, 5) is 13.6. The highest BCUT2D eigenvalue weighted by atomic mass is 35.5. The molecule has 2 aromatic rings. The Morgan fingerprint density at radius 1 is 1.35 bits per heavy atom. The molecule has 2 rings (SSSR count). The van der Waals surface area contributed by atoms with Gasteiger partial charge in [0, 0.05) is 11.1 Å². The van der Waals surface area contributed by atoms with Crippen LogP contribution in [0.1, 0.15) is 28.5 Å². The lowest BCUT2D eigenvalue weighted by Gasteiger charge is -2.13. The van der Waals surface area contributed by atoms with Gasteiger partial charge in [0.15, 0.2) is 0 Å². The molecule has 4 nitrogen and oxygen atoms in total. The summed E-state index contributed by atoms with van der Waals surface area (Å²) >= 11 is 7.43. The molecular weight excluding hydrogens is 256 g/mol. The van der Waals surface area contributed by atoms with Gasteiger partial charge in [0.05, 0.1) is 16.7 Å². The Morgan fingerprint density at radius 2 is 2.12 bits per heavy atom. The number of aromatic nitrogens is 3. The maximum absolute atomic E-state index is 5.74. The predicted octanol–water partition coefficient (Wildman–Crippen LogP) is 3.38. The Labute approximate surface area is 109 Å². The molecule has 0 bridgehead atoms. The summed E-state index contributed by atoms with van der Waals surface area (Å²) in [6.45, 7) is 6.11. The molecule has 2 heterocycles. The van der Waals surface area contributed by atoms with E-state index in [2.05, 4.69) is 27.2 Å². The highest BCUT2D eigenvalue weighted by molar-refractivity contribution is 7.11. The number of anilines is 1. The second kappa shape index (κ2) is 4.98. The minimum absolute atomic E-state index is 0.159. The smallest absolute Gasteiger partial charge is 0.224 e. The van der Waals surface area contributed by atoms with E-state index in [0.717, 1.165) is 16.5 Å². The minimum Gasteiger partial charge on any atom is -0.363 e. The molecule has 0 aromatic carbocycles. The standard InChI is InChI=1S/C11H13ClN4S/c1-6-10(17-8(3)14-6)7(2)15-9-4-5-13-11(12)16-9/h4-5,7H,1-3H3,(H,13,15,16). The molecule has 0 fully saturated rings. The number of nitrogens with one attached hydrogen (secondary N) is 1. The van der Waals surface area contributed by atoms with Crippen LogP contribution in [0.2, 0.25) is 5.28 Å². The monoisotopic (exact) mass is 268 g/mol.